The zero-order valence-corrected chi connectivity index (χ0v) is 9.27. The number of aromatic amines is 1. The van der Waals surface area contributed by atoms with E-state index in [-0.39, 0.29) is 5.96 Å². The summed E-state index contributed by atoms with van der Waals surface area (Å²) in [5, 5.41) is 9.46. The molecule has 1 aromatic rings. The van der Waals surface area contributed by atoms with Crippen molar-refractivity contribution in [3.05, 3.63) is 11.4 Å². The molecule has 0 amide bonds. The first-order chi connectivity index (χ1) is 7.50. The number of guanidine groups is 1. The van der Waals surface area contributed by atoms with E-state index in [1.165, 1.54) is 0 Å². The molecule has 7 heteroatoms. The summed E-state index contributed by atoms with van der Waals surface area (Å²) >= 11 is 0. The Morgan fingerprint density at radius 2 is 2.25 bits per heavy atom. The third-order valence-electron chi connectivity index (χ3n) is 2.10. The number of aromatic nitrogens is 2. The first-order valence-electron chi connectivity index (χ1n) is 5.08. The summed E-state index contributed by atoms with van der Waals surface area (Å²) in [5.41, 5.74) is 17.3. The van der Waals surface area contributed by atoms with Crippen LogP contribution < -0.4 is 17.2 Å². The van der Waals surface area contributed by atoms with Gasteiger partial charge in [-0.05, 0) is 19.8 Å². The molecule has 1 heterocycles. The first kappa shape index (κ1) is 12.3. The van der Waals surface area contributed by atoms with Crippen LogP contribution >= 0.6 is 0 Å². The van der Waals surface area contributed by atoms with Crippen molar-refractivity contribution in [1.29, 1.82) is 0 Å². The molecule has 0 aromatic carbocycles. The number of aliphatic hydroxyl groups is 1. The number of nitrogen functional groups attached to an aromatic ring is 1. The minimum Gasteiger partial charge on any atom is -0.387 e. The Bertz CT molecular complexity index is 366. The van der Waals surface area contributed by atoms with E-state index in [0.29, 0.717) is 24.6 Å². The molecule has 0 radical (unpaired) electrons. The fourth-order valence-electron chi connectivity index (χ4n) is 1.44. The number of imidazole rings is 1. The minimum atomic E-state index is -0.633. The highest BCUT2D eigenvalue weighted by Gasteiger charge is 2.12. The molecule has 0 aliphatic heterocycles. The van der Waals surface area contributed by atoms with Gasteiger partial charge in [-0.2, -0.15) is 0 Å². The van der Waals surface area contributed by atoms with Crippen LogP contribution in [-0.4, -0.2) is 27.6 Å². The summed E-state index contributed by atoms with van der Waals surface area (Å²) < 4.78 is 0. The van der Waals surface area contributed by atoms with Crippen molar-refractivity contribution in [3.63, 3.8) is 0 Å². The van der Waals surface area contributed by atoms with E-state index < -0.39 is 6.10 Å². The van der Waals surface area contributed by atoms with Crippen LogP contribution in [0.5, 0.6) is 0 Å². The van der Waals surface area contributed by atoms with E-state index in [1.54, 1.807) is 6.92 Å². The lowest BCUT2D eigenvalue weighted by atomic mass is 10.1. The number of aliphatic imine (C=N–C) groups is 1. The summed E-state index contributed by atoms with van der Waals surface area (Å²) in [6, 6.07) is 0. The van der Waals surface area contributed by atoms with Crippen LogP contribution in [0, 0.1) is 0 Å². The number of nitrogens with one attached hydrogen (secondary N) is 1. The van der Waals surface area contributed by atoms with Gasteiger partial charge in [0.2, 0.25) is 0 Å². The SMILES string of the molecule is CC(O)c1nc(N)[nH]c1CCCN=C(N)N. The van der Waals surface area contributed by atoms with Gasteiger partial charge in [-0.15, -0.1) is 0 Å². The third-order valence-corrected chi connectivity index (χ3v) is 2.10. The van der Waals surface area contributed by atoms with Gasteiger partial charge in [-0.1, -0.05) is 0 Å². The second kappa shape index (κ2) is 5.36. The minimum absolute atomic E-state index is 0.0832. The summed E-state index contributed by atoms with van der Waals surface area (Å²) in [6.45, 7) is 2.19. The van der Waals surface area contributed by atoms with Crippen molar-refractivity contribution >= 4 is 11.9 Å². The lowest BCUT2D eigenvalue weighted by molar-refractivity contribution is 0.193. The molecule has 7 nitrogen and oxygen atoms in total. The second-order valence-corrected chi connectivity index (χ2v) is 3.57. The Balaban J connectivity index is 2.56. The molecule has 1 rings (SSSR count). The number of aliphatic hydroxyl groups excluding tert-OH is 1. The second-order valence-electron chi connectivity index (χ2n) is 3.57. The van der Waals surface area contributed by atoms with Crippen LogP contribution in [0.1, 0.15) is 30.8 Å². The number of H-pyrrole nitrogens is 1. The van der Waals surface area contributed by atoms with Gasteiger partial charge in [0.05, 0.1) is 11.8 Å². The highest BCUT2D eigenvalue weighted by molar-refractivity contribution is 5.75. The predicted molar refractivity (Wildman–Crippen MR) is 62.6 cm³/mol. The lowest BCUT2D eigenvalue weighted by Gasteiger charge is -2.03. The van der Waals surface area contributed by atoms with Crippen LogP contribution in [0.3, 0.4) is 0 Å². The molecule has 1 unspecified atom stereocenters. The summed E-state index contributed by atoms with van der Waals surface area (Å²) in [6.07, 6.45) is 0.826. The van der Waals surface area contributed by atoms with E-state index in [9.17, 15) is 5.11 Å². The van der Waals surface area contributed by atoms with Crippen molar-refractivity contribution in [2.24, 2.45) is 16.5 Å². The van der Waals surface area contributed by atoms with Gasteiger partial charge in [-0.3, -0.25) is 4.99 Å². The molecule has 1 aromatic heterocycles. The van der Waals surface area contributed by atoms with Crippen molar-refractivity contribution in [2.45, 2.75) is 25.9 Å². The summed E-state index contributed by atoms with van der Waals surface area (Å²) in [4.78, 5) is 10.8. The van der Waals surface area contributed by atoms with Gasteiger partial charge in [-0.25, -0.2) is 4.98 Å². The monoisotopic (exact) mass is 226 g/mol. The Hall–Kier alpha value is -1.76. The number of anilines is 1. The topological polar surface area (TPSA) is 139 Å². The van der Waals surface area contributed by atoms with Gasteiger partial charge in [0, 0.05) is 12.2 Å². The number of aryl methyl sites for hydroxylation is 1. The molecule has 0 spiro atoms. The summed E-state index contributed by atoms with van der Waals surface area (Å²) in [5.74, 6) is 0.396. The van der Waals surface area contributed by atoms with Gasteiger partial charge in [0.25, 0.3) is 0 Å². The molecule has 0 saturated heterocycles. The smallest absolute Gasteiger partial charge is 0.198 e. The number of nitrogens with two attached hydrogens (primary N) is 3. The highest BCUT2D eigenvalue weighted by atomic mass is 16.3. The first-order valence-corrected chi connectivity index (χ1v) is 5.08. The third kappa shape index (κ3) is 3.43. The Morgan fingerprint density at radius 3 is 2.81 bits per heavy atom. The fourth-order valence-corrected chi connectivity index (χ4v) is 1.44. The van der Waals surface area contributed by atoms with Crippen molar-refractivity contribution < 1.29 is 5.11 Å². The van der Waals surface area contributed by atoms with Crippen LogP contribution in [0.25, 0.3) is 0 Å². The van der Waals surface area contributed by atoms with Crippen LogP contribution in [0.15, 0.2) is 4.99 Å². The zero-order chi connectivity index (χ0) is 12.1. The number of nitrogens with zero attached hydrogens (tertiary/aromatic N) is 2. The standard InChI is InChI=1S/C9H18N6O/c1-5(16)7-6(14-9(12)15-7)3-2-4-13-8(10)11/h5,16H,2-4H2,1H3,(H4,10,11,13)(H3,12,14,15). The predicted octanol–water partition coefficient (Wildman–Crippen LogP) is -0.749. The molecule has 0 fully saturated rings. The van der Waals surface area contributed by atoms with Crippen LogP contribution in [0.2, 0.25) is 0 Å². The van der Waals surface area contributed by atoms with E-state index in [0.717, 1.165) is 12.1 Å². The van der Waals surface area contributed by atoms with Crippen molar-refractivity contribution in [2.75, 3.05) is 12.3 Å². The van der Waals surface area contributed by atoms with Crippen molar-refractivity contribution in [1.82, 2.24) is 9.97 Å². The maximum Gasteiger partial charge on any atom is 0.198 e. The zero-order valence-electron chi connectivity index (χ0n) is 9.27. The van der Waals surface area contributed by atoms with Crippen molar-refractivity contribution in [3.8, 4) is 0 Å². The molecule has 0 aliphatic rings. The Labute approximate surface area is 93.8 Å². The van der Waals surface area contributed by atoms with Crippen LogP contribution in [0.4, 0.5) is 5.95 Å². The maximum absolute atomic E-state index is 9.46. The number of hydrogen-bond donors (Lipinski definition) is 5. The van der Waals surface area contributed by atoms with E-state index in [1.807, 2.05) is 0 Å². The molecular formula is C9H18N6O. The highest BCUT2D eigenvalue weighted by Crippen LogP contribution is 2.17. The molecule has 90 valence electrons. The number of rotatable bonds is 5. The lowest BCUT2D eigenvalue weighted by Crippen LogP contribution is -2.23. The van der Waals surface area contributed by atoms with Gasteiger partial charge in [0.15, 0.2) is 11.9 Å². The fraction of sp³-hybridized carbons (Fsp3) is 0.556. The molecule has 16 heavy (non-hydrogen) atoms. The average molecular weight is 226 g/mol. The van der Waals surface area contributed by atoms with E-state index in [4.69, 9.17) is 17.2 Å². The van der Waals surface area contributed by atoms with Gasteiger partial charge >= 0.3 is 0 Å². The number of hydrogen-bond acceptors (Lipinski definition) is 4. The van der Waals surface area contributed by atoms with Gasteiger partial charge in [0.1, 0.15) is 0 Å². The largest absolute Gasteiger partial charge is 0.387 e. The molecule has 8 N–H and O–H groups in total. The normalized spacial score (nSPS) is 12.4. The molecule has 0 bridgehead atoms. The molecule has 0 saturated carbocycles. The maximum atomic E-state index is 9.46. The van der Waals surface area contributed by atoms with E-state index in [2.05, 4.69) is 15.0 Å². The van der Waals surface area contributed by atoms with Gasteiger partial charge < -0.3 is 27.3 Å². The molecular weight excluding hydrogens is 208 g/mol. The Kier molecular flexibility index (Phi) is 4.12. The Morgan fingerprint density at radius 1 is 1.56 bits per heavy atom. The average Bonchev–Trinajstić information content (AvgIpc) is 2.54. The summed E-state index contributed by atoms with van der Waals surface area (Å²) in [7, 11) is 0. The van der Waals surface area contributed by atoms with Crippen LogP contribution in [-0.2, 0) is 6.42 Å². The molecule has 0 aliphatic carbocycles. The molecule has 1 atom stereocenters. The quantitative estimate of drug-likeness (QED) is 0.255. The van der Waals surface area contributed by atoms with E-state index >= 15 is 0 Å².